The van der Waals surface area contributed by atoms with Crippen molar-refractivity contribution in [3.05, 3.63) is 95.2 Å². The standard InChI is InChI=1S/C26H27N3O3/c1-18-16-29(17-19(2)32-18)24-13-12-20(14-27-24)15-28-26(31)23-11-7-6-10-22(23)25(30)21-8-4-3-5-9-21/h3-14,18-19H,15-17H2,1-2H3,(H,28,31). The largest absolute Gasteiger partial charge is 0.372 e. The van der Waals surface area contributed by atoms with E-state index in [1.54, 1.807) is 42.6 Å². The number of ketones is 1. The summed E-state index contributed by atoms with van der Waals surface area (Å²) in [5.74, 6) is 0.446. The van der Waals surface area contributed by atoms with Crippen LogP contribution in [0.4, 0.5) is 5.82 Å². The third-order valence-electron chi connectivity index (χ3n) is 5.46. The summed E-state index contributed by atoms with van der Waals surface area (Å²) in [6.45, 7) is 6.06. The molecule has 164 valence electrons. The maximum Gasteiger partial charge on any atom is 0.252 e. The fourth-order valence-electron chi connectivity index (χ4n) is 3.97. The summed E-state index contributed by atoms with van der Waals surface area (Å²) in [6.07, 6.45) is 2.11. The minimum atomic E-state index is -0.287. The molecule has 1 aromatic heterocycles. The highest BCUT2D eigenvalue weighted by molar-refractivity contribution is 6.15. The van der Waals surface area contributed by atoms with Gasteiger partial charge in [0.05, 0.1) is 17.8 Å². The smallest absolute Gasteiger partial charge is 0.252 e. The molecule has 6 heteroatoms. The van der Waals surface area contributed by atoms with E-state index in [2.05, 4.69) is 29.0 Å². The molecule has 1 N–H and O–H groups in total. The third-order valence-corrected chi connectivity index (χ3v) is 5.46. The quantitative estimate of drug-likeness (QED) is 0.603. The summed E-state index contributed by atoms with van der Waals surface area (Å²) in [5, 5.41) is 2.91. The molecule has 0 aliphatic carbocycles. The van der Waals surface area contributed by atoms with Crippen LogP contribution in [0.3, 0.4) is 0 Å². The summed E-state index contributed by atoms with van der Waals surface area (Å²) in [7, 11) is 0. The molecule has 3 aromatic rings. The topological polar surface area (TPSA) is 71.5 Å². The van der Waals surface area contributed by atoms with Crippen LogP contribution >= 0.6 is 0 Å². The van der Waals surface area contributed by atoms with Gasteiger partial charge in [0.1, 0.15) is 5.82 Å². The van der Waals surface area contributed by atoms with Crippen molar-refractivity contribution in [3.63, 3.8) is 0 Å². The van der Waals surface area contributed by atoms with E-state index < -0.39 is 0 Å². The predicted molar refractivity (Wildman–Crippen MR) is 124 cm³/mol. The second-order valence-electron chi connectivity index (χ2n) is 8.11. The molecular formula is C26H27N3O3. The van der Waals surface area contributed by atoms with Gasteiger partial charge in [-0.2, -0.15) is 0 Å². The Morgan fingerprint density at radius 1 is 0.938 bits per heavy atom. The average Bonchev–Trinajstić information content (AvgIpc) is 2.82. The Bertz CT molecular complexity index is 1070. The van der Waals surface area contributed by atoms with Crippen LogP contribution in [0.1, 0.15) is 45.7 Å². The molecule has 1 aliphatic heterocycles. The molecule has 0 radical (unpaired) electrons. The second-order valence-corrected chi connectivity index (χ2v) is 8.11. The zero-order chi connectivity index (χ0) is 22.5. The van der Waals surface area contributed by atoms with Crippen LogP contribution in [-0.2, 0) is 11.3 Å². The van der Waals surface area contributed by atoms with Gasteiger partial charge in [-0.15, -0.1) is 0 Å². The van der Waals surface area contributed by atoms with Crippen molar-refractivity contribution < 1.29 is 14.3 Å². The van der Waals surface area contributed by atoms with Crippen LogP contribution in [0.5, 0.6) is 0 Å². The van der Waals surface area contributed by atoms with Gasteiger partial charge in [0.2, 0.25) is 0 Å². The van der Waals surface area contributed by atoms with Gasteiger partial charge in [0, 0.05) is 37.0 Å². The Balaban J connectivity index is 1.42. The van der Waals surface area contributed by atoms with Gasteiger partial charge in [-0.1, -0.05) is 54.6 Å². The molecule has 2 atom stereocenters. The maximum absolute atomic E-state index is 12.9. The number of carbonyl (C=O) groups excluding carboxylic acids is 2. The van der Waals surface area contributed by atoms with Crippen LogP contribution in [-0.4, -0.2) is 42.0 Å². The fourth-order valence-corrected chi connectivity index (χ4v) is 3.97. The lowest BCUT2D eigenvalue weighted by Gasteiger charge is -2.36. The summed E-state index contributed by atoms with van der Waals surface area (Å²) >= 11 is 0. The number of hydrogen-bond acceptors (Lipinski definition) is 5. The molecule has 32 heavy (non-hydrogen) atoms. The Kier molecular flexibility index (Phi) is 6.61. The molecule has 2 unspecified atom stereocenters. The first-order valence-electron chi connectivity index (χ1n) is 10.8. The number of hydrogen-bond donors (Lipinski definition) is 1. The molecule has 1 fully saturated rings. The summed E-state index contributed by atoms with van der Waals surface area (Å²) in [4.78, 5) is 32.5. The second kappa shape index (κ2) is 9.75. The van der Waals surface area contributed by atoms with Crippen LogP contribution < -0.4 is 10.2 Å². The van der Waals surface area contributed by atoms with Gasteiger partial charge in [-0.05, 0) is 31.5 Å². The van der Waals surface area contributed by atoms with Crippen LogP contribution in [0, 0.1) is 0 Å². The van der Waals surface area contributed by atoms with Crippen molar-refractivity contribution in [1.82, 2.24) is 10.3 Å². The van der Waals surface area contributed by atoms with Gasteiger partial charge in [-0.25, -0.2) is 4.98 Å². The van der Waals surface area contributed by atoms with E-state index in [0.29, 0.717) is 23.2 Å². The number of anilines is 1. The molecule has 1 saturated heterocycles. The molecule has 0 saturated carbocycles. The van der Waals surface area contributed by atoms with E-state index in [0.717, 1.165) is 24.5 Å². The highest BCUT2D eigenvalue weighted by atomic mass is 16.5. The molecule has 4 rings (SSSR count). The lowest BCUT2D eigenvalue weighted by Crippen LogP contribution is -2.45. The molecular weight excluding hydrogens is 402 g/mol. The van der Waals surface area contributed by atoms with E-state index in [4.69, 9.17) is 4.74 Å². The van der Waals surface area contributed by atoms with Crippen LogP contribution in [0.25, 0.3) is 0 Å². The van der Waals surface area contributed by atoms with Crippen molar-refractivity contribution in [2.75, 3.05) is 18.0 Å². The first kappa shape index (κ1) is 21.7. The van der Waals surface area contributed by atoms with Crippen molar-refractivity contribution in [1.29, 1.82) is 0 Å². The van der Waals surface area contributed by atoms with Crippen molar-refractivity contribution >= 4 is 17.5 Å². The predicted octanol–water partition coefficient (Wildman–Crippen LogP) is 3.86. The normalized spacial score (nSPS) is 18.2. The third kappa shape index (κ3) is 5.03. The molecule has 6 nitrogen and oxygen atoms in total. The van der Waals surface area contributed by atoms with E-state index in [1.807, 2.05) is 30.3 Å². The molecule has 2 heterocycles. The molecule has 1 amide bonds. The number of morpholine rings is 1. The van der Waals surface area contributed by atoms with Gasteiger partial charge < -0.3 is 15.0 Å². The number of pyridine rings is 1. The Morgan fingerprint density at radius 3 is 2.25 bits per heavy atom. The maximum atomic E-state index is 12.9. The number of nitrogens with zero attached hydrogens (tertiary/aromatic N) is 2. The first-order chi connectivity index (χ1) is 15.5. The number of carbonyl (C=O) groups is 2. The Hall–Kier alpha value is -3.51. The molecule has 2 aromatic carbocycles. The lowest BCUT2D eigenvalue weighted by molar-refractivity contribution is -0.00546. The van der Waals surface area contributed by atoms with Crippen molar-refractivity contribution in [2.24, 2.45) is 0 Å². The minimum Gasteiger partial charge on any atom is -0.372 e. The van der Waals surface area contributed by atoms with Crippen LogP contribution in [0.15, 0.2) is 72.9 Å². The van der Waals surface area contributed by atoms with Crippen molar-refractivity contribution in [3.8, 4) is 0 Å². The summed E-state index contributed by atoms with van der Waals surface area (Å²) in [5.41, 5.74) is 2.20. The number of amides is 1. The van der Waals surface area contributed by atoms with E-state index in [-0.39, 0.29) is 23.9 Å². The van der Waals surface area contributed by atoms with Gasteiger partial charge in [0.15, 0.2) is 5.78 Å². The SMILES string of the molecule is CC1CN(c2ccc(CNC(=O)c3ccccc3C(=O)c3ccccc3)cn2)CC(C)O1. The summed E-state index contributed by atoms with van der Waals surface area (Å²) < 4.78 is 5.78. The Labute approximate surface area is 188 Å². The number of benzene rings is 2. The molecule has 0 bridgehead atoms. The van der Waals surface area contributed by atoms with E-state index in [1.165, 1.54) is 0 Å². The van der Waals surface area contributed by atoms with Crippen molar-refractivity contribution in [2.45, 2.75) is 32.6 Å². The Morgan fingerprint density at radius 2 is 1.59 bits per heavy atom. The highest BCUT2D eigenvalue weighted by Gasteiger charge is 2.23. The number of nitrogens with one attached hydrogen (secondary N) is 1. The summed E-state index contributed by atoms with van der Waals surface area (Å²) in [6, 6.07) is 19.8. The number of ether oxygens (including phenoxy) is 1. The van der Waals surface area contributed by atoms with Crippen LogP contribution in [0.2, 0.25) is 0 Å². The average molecular weight is 430 g/mol. The van der Waals surface area contributed by atoms with Gasteiger partial charge in [0.25, 0.3) is 5.91 Å². The zero-order valence-electron chi connectivity index (χ0n) is 18.3. The van der Waals surface area contributed by atoms with Gasteiger partial charge in [-0.3, -0.25) is 9.59 Å². The van der Waals surface area contributed by atoms with E-state index >= 15 is 0 Å². The minimum absolute atomic E-state index is 0.165. The molecule has 1 aliphatic rings. The number of aromatic nitrogens is 1. The molecule has 0 spiro atoms. The lowest BCUT2D eigenvalue weighted by atomic mass is 9.98. The highest BCUT2D eigenvalue weighted by Crippen LogP contribution is 2.19. The van der Waals surface area contributed by atoms with E-state index in [9.17, 15) is 9.59 Å². The first-order valence-corrected chi connectivity index (χ1v) is 10.8. The van der Waals surface area contributed by atoms with Gasteiger partial charge >= 0.3 is 0 Å². The number of rotatable bonds is 6. The fraction of sp³-hybridized carbons (Fsp3) is 0.269. The zero-order valence-corrected chi connectivity index (χ0v) is 18.3. The monoisotopic (exact) mass is 429 g/mol.